The monoisotopic (exact) mass is 290 g/mol. The highest BCUT2D eigenvalue weighted by molar-refractivity contribution is 5.76. The number of urea groups is 1. The number of hydrogen-bond donors (Lipinski definition) is 2. The molecule has 1 aliphatic rings. The van der Waals surface area contributed by atoms with E-state index in [1.54, 1.807) is 11.8 Å². The highest BCUT2D eigenvalue weighted by atomic mass is 16.4. The predicted octanol–water partition coefficient (Wildman–Crippen LogP) is 2.50. The van der Waals surface area contributed by atoms with Gasteiger partial charge in [0.05, 0.1) is 12.0 Å². The molecule has 0 aromatic heterocycles. The Morgan fingerprint density at radius 3 is 2.48 bits per heavy atom. The van der Waals surface area contributed by atoms with Gasteiger partial charge in [0.25, 0.3) is 0 Å². The molecule has 1 aliphatic heterocycles. The fourth-order valence-electron chi connectivity index (χ4n) is 2.54. The van der Waals surface area contributed by atoms with Crippen molar-refractivity contribution in [3.8, 4) is 0 Å². The first-order chi connectivity index (χ1) is 10.0. The molecule has 1 aromatic carbocycles. The summed E-state index contributed by atoms with van der Waals surface area (Å²) in [6.07, 6.45) is 0.818. The van der Waals surface area contributed by atoms with Crippen LogP contribution in [-0.2, 0) is 4.79 Å². The Hall–Kier alpha value is -2.04. The van der Waals surface area contributed by atoms with E-state index in [9.17, 15) is 9.59 Å². The second-order valence-electron chi connectivity index (χ2n) is 5.61. The molecule has 114 valence electrons. The summed E-state index contributed by atoms with van der Waals surface area (Å²) in [6, 6.07) is 9.75. The Bertz CT molecular complexity index is 498. The zero-order chi connectivity index (χ0) is 15.4. The van der Waals surface area contributed by atoms with Gasteiger partial charge in [0.2, 0.25) is 0 Å². The topological polar surface area (TPSA) is 69.6 Å². The molecule has 2 N–H and O–H groups in total. The minimum atomic E-state index is -0.796. The molecule has 2 rings (SSSR count). The highest BCUT2D eigenvalue weighted by Gasteiger charge is 2.37. The summed E-state index contributed by atoms with van der Waals surface area (Å²) < 4.78 is 0. The van der Waals surface area contributed by atoms with E-state index >= 15 is 0 Å². The number of amides is 2. The molecule has 0 saturated carbocycles. The second-order valence-corrected chi connectivity index (χ2v) is 5.61. The number of likely N-dealkylation sites (tertiary alicyclic amines) is 1. The molecule has 2 unspecified atom stereocenters. The Kier molecular flexibility index (Phi) is 4.83. The van der Waals surface area contributed by atoms with E-state index in [0.717, 1.165) is 12.0 Å². The first kappa shape index (κ1) is 15.4. The minimum Gasteiger partial charge on any atom is -0.481 e. The molecule has 1 aromatic rings. The number of rotatable bonds is 5. The molecule has 0 radical (unpaired) electrons. The summed E-state index contributed by atoms with van der Waals surface area (Å²) in [6.45, 7) is 4.76. The lowest BCUT2D eigenvalue weighted by Gasteiger charge is -2.41. The van der Waals surface area contributed by atoms with Gasteiger partial charge in [-0.1, -0.05) is 44.2 Å². The van der Waals surface area contributed by atoms with Gasteiger partial charge < -0.3 is 15.3 Å². The summed E-state index contributed by atoms with van der Waals surface area (Å²) in [7, 11) is 0. The number of carbonyl (C=O) groups is 2. The Labute approximate surface area is 125 Å². The van der Waals surface area contributed by atoms with Gasteiger partial charge in [-0.05, 0) is 12.0 Å². The van der Waals surface area contributed by atoms with E-state index in [-0.39, 0.29) is 18.0 Å². The van der Waals surface area contributed by atoms with Crippen molar-refractivity contribution in [3.05, 3.63) is 35.9 Å². The Morgan fingerprint density at radius 2 is 1.95 bits per heavy atom. The molecule has 21 heavy (non-hydrogen) atoms. The SMILES string of the molecule is CCC(NC(=O)N1CC(C(C)C(=O)O)C1)c1ccccc1. The lowest BCUT2D eigenvalue weighted by molar-refractivity contribution is -0.144. The molecule has 2 amide bonds. The van der Waals surface area contributed by atoms with Crippen LogP contribution in [-0.4, -0.2) is 35.1 Å². The molecular weight excluding hydrogens is 268 g/mol. The fourth-order valence-corrected chi connectivity index (χ4v) is 2.54. The van der Waals surface area contributed by atoms with E-state index < -0.39 is 11.9 Å². The molecule has 5 heteroatoms. The second kappa shape index (κ2) is 6.61. The van der Waals surface area contributed by atoms with Crippen molar-refractivity contribution < 1.29 is 14.7 Å². The highest BCUT2D eigenvalue weighted by Crippen LogP contribution is 2.25. The molecular formula is C16H22N2O3. The molecule has 0 aliphatic carbocycles. The van der Waals surface area contributed by atoms with Crippen LogP contribution in [0.2, 0.25) is 0 Å². The largest absolute Gasteiger partial charge is 0.481 e. The third kappa shape index (κ3) is 3.54. The predicted molar refractivity (Wildman–Crippen MR) is 79.9 cm³/mol. The van der Waals surface area contributed by atoms with Crippen molar-refractivity contribution in [3.63, 3.8) is 0 Å². The van der Waals surface area contributed by atoms with Crippen molar-refractivity contribution in [1.29, 1.82) is 0 Å². The molecule has 1 saturated heterocycles. The van der Waals surface area contributed by atoms with Gasteiger partial charge in [0.1, 0.15) is 0 Å². The third-order valence-electron chi connectivity index (χ3n) is 4.20. The summed E-state index contributed by atoms with van der Waals surface area (Å²) in [5, 5.41) is 12.0. The van der Waals surface area contributed by atoms with Gasteiger partial charge in [-0.3, -0.25) is 4.79 Å². The van der Waals surface area contributed by atoms with Crippen molar-refractivity contribution >= 4 is 12.0 Å². The maximum Gasteiger partial charge on any atom is 0.317 e. The standard InChI is InChI=1S/C16H22N2O3/c1-3-14(12-7-5-4-6-8-12)17-16(21)18-9-13(10-18)11(2)15(19)20/h4-8,11,13-14H,3,9-10H2,1-2H3,(H,17,21)(H,19,20). The van der Waals surface area contributed by atoms with Gasteiger partial charge in [0.15, 0.2) is 0 Å². The molecule has 5 nitrogen and oxygen atoms in total. The van der Waals surface area contributed by atoms with Gasteiger partial charge in [0, 0.05) is 19.0 Å². The molecule has 0 spiro atoms. The maximum atomic E-state index is 12.2. The lowest BCUT2D eigenvalue weighted by Crippen LogP contribution is -2.56. The van der Waals surface area contributed by atoms with Crippen LogP contribution in [0.3, 0.4) is 0 Å². The van der Waals surface area contributed by atoms with E-state index in [1.807, 2.05) is 37.3 Å². The van der Waals surface area contributed by atoms with E-state index in [0.29, 0.717) is 13.1 Å². The number of carboxylic acids is 1. The van der Waals surface area contributed by atoms with Crippen molar-refractivity contribution in [1.82, 2.24) is 10.2 Å². The van der Waals surface area contributed by atoms with E-state index in [1.165, 1.54) is 0 Å². The van der Waals surface area contributed by atoms with Crippen LogP contribution in [0.15, 0.2) is 30.3 Å². The summed E-state index contributed by atoms with van der Waals surface area (Å²) in [5.74, 6) is -1.13. The van der Waals surface area contributed by atoms with Crippen molar-refractivity contribution in [2.45, 2.75) is 26.3 Å². The number of nitrogens with zero attached hydrogens (tertiary/aromatic N) is 1. The number of hydrogen-bond acceptors (Lipinski definition) is 2. The lowest BCUT2D eigenvalue weighted by atomic mass is 9.87. The number of benzene rings is 1. The number of carbonyl (C=O) groups excluding carboxylic acids is 1. The fraction of sp³-hybridized carbons (Fsp3) is 0.500. The maximum absolute atomic E-state index is 12.2. The van der Waals surface area contributed by atoms with Crippen LogP contribution in [0, 0.1) is 11.8 Å². The van der Waals surface area contributed by atoms with Crippen LogP contribution in [0.5, 0.6) is 0 Å². The Morgan fingerprint density at radius 1 is 1.33 bits per heavy atom. The number of carboxylic acid groups (broad SMARTS) is 1. The van der Waals surface area contributed by atoms with Gasteiger partial charge in [-0.2, -0.15) is 0 Å². The summed E-state index contributed by atoms with van der Waals surface area (Å²) in [4.78, 5) is 24.7. The summed E-state index contributed by atoms with van der Waals surface area (Å²) in [5.41, 5.74) is 1.09. The minimum absolute atomic E-state index is 0.00496. The number of nitrogens with one attached hydrogen (secondary N) is 1. The van der Waals surface area contributed by atoms with Gasteiger partial charge in [-0.25, -0.2) is 4.79 Å². The van der Waals surface area contributed by atoms with Crippen LogP contribution in [0.25, 0.3) is 0 Å². The molecule has 1 fully saturated rings. The molecule has 0 bridgehead atoms. The third-order valence-corrected chi connectivity index (χ3v) is 4.20. The van der Waals surface area contributed by atoms with Gasteiger partial charge >= 0.3 is 12.0 Å². The van der Waals surface area contributed by atoms with E-state index in [4.69, 9.17) is 5.11 Å². The molecule has 2 atom stereocenters. The van der Waals surface area contributed by atoms with Crippen LogP contribution >= 0.6 is 0 Å². The van der Waals surface area contributed by atoms with Crippen molar-refractivity contribution in [2.75, 3.05) is 13.1 Å². The Balaban J connectivity index is 1.87. The number of aliphatic carboxylic acids is 1. The first-order valence-corrected chi connectivity index (χ1v) is 7.36. The average molecular weight is 290 g/mol. The van der Waals surface area contributed by atoms with E-state index in [2.05, 4.69) is 5.32 Å². The normalized spacial score (nSPS) is 17.7. The first-order valence-electron chi connectivity index (χ1n) is 7.36. The summed E-state index contributed by atoms with van der Waals surface area (Å²) >= 11 is 0. The zero-order valence-electron chi connectivity index (χ0n) is 12.5. The smallest absolute Gasteiger partial charge is 0.317 e. The van der Waals surface area contributed by atoms with Crippen molar-refractivity contribution in [2.24, 2.45) is 11.8 Å². The average Bonchev–Trinajstić information content (AvgIpc) is 2.43. The van der Waals surface area contributed by atoms with Crippen LogP contribution < -0.4 is 5.32 Å². The quantitative estimate of drug-likeness (QED) is 0.875. The molecule has 1 heterocycles. The van der Waals surface area contributed by atoms with Crippen LogP contribution in [0.4, 0.5) is 4.79 Å². The zero-order valence-corrected chi connectivity index (χ0v) is 12.5. The van der Waals surface area contributed by atoms with Gasteiger partial charge in [-0.15, -0.1) is 0 Å². The van der Waals surface area contributed by atoms with Crippen LogP contribution in [0.1, 0.15) is 31.9 Å².